The van der Waals surface area contributed by atoms with Gasteiger partial charge in [0.15, 0.2) is 6.67 Å². The van der Waals surface area contributed by atoms with Crippen LogP contribution in [-0.4, -0.2) is 42.2 Å². The molecule has 0 heterocycles. The van der Waals surface area contributed by atoms with Crippen LogP contribution in [0.5, 0.6) is 0 Å². The van der Waals surface area contributed by atoms with Crippen LogP contribution in [0, 0.1) is 6.43 Å². The number of rotatable bonds is 7. The second kappa shape index (κ2) is 5.50. The maximum Gasteiger partial charge on any atom is 0.385 e. The quantitative estimate of drug-likeness (QED) is 0.531. The second-order valence-corrected chi connectivity index (χ2v) is 3.97. The third-order valence-corrected chi connectivity index (χ3v) is 2.44. The van der Waals surface area contributed by atoms with Crippen molar-refractivity contribution < 1.29 is 65.9 Å². The van der Waals surface area contributed by atoms with Crippen LogP contribution in [-0.2, 0) is 0 Å². The van der Waals surface area contributed by atoms with Gasteiger partial charge < -0.3 is 0 Å². The van der Waals surface area contributed by atoms with E-state index in [2.05, 4.69) is 0 Å². The lowest BCUT2D eigenvalue weighted by molar-refractivity contribution is -0.427. The van der Waals surface area contributed by atoms with Gasteiger partial charge >= 0.3 is 42.0 Å². The van der Waals surface area contributed by atoms with Crippen LogP contribution in [0.25, 0.3) is 0 Å². The molecule has 0 unspecified atom stereocenters. The molecule has 0 atom stereocenters. The van der Waals surface area contributed by atoms with Gasteiger partial charge in [0.25, 0.3) is 0 Å². The lowest BCUT2D eigenvalue weighted by Crippen LogP contribution is -2.71. The molecule has 1 radical (unpaired) electrons. The summed E-state index contributed by atoms with van der Waals surface area (Å²) < 4.78 is 185. The smallest absolute Gasteiger partial charge is 0.244 e. The summed E-state index contributed by atoms with van der Waals surface area (Å²) in [6, 6.07) is 0. The second-order valence-electron chi connectivity index (χ2n) is 3.97. The van der Waals surface area contributed by atoms with Crippen LogP contribution in [0.2, 0.25) is 0 Å². The van der Waals surface area contributed by atoms with Gasteiger partial charge in [0.05, 0.1) is 0 Å². The molecule has 0 N–H and O–H groups in total. The molecule has 0 spiro atoms. The van der Waals surface area contributed by atoms with E-state index in [4.69, 9.17) is 0 Å². The van der Waals surface area contributed by atoms with Gasteiger partial charge in [-0.05, 0) is 0 Å². The predicted octanol–water partition coefficient (Wildman–Crippen LogP) is 5.20. The van der Waals surface area contributed by atoms with E-state index in [0.29, 0.717) is 0 Å². The molecule has 0 fully saturated rings. The topological polar surface area (TPSA) is 0 Å². The minimum atomic E-state index is -8.12. The van der Waals surface area contributed by atoms with E-state index in [-0.39, 0.29) is 0 Å². The van der Waals surface area contributed by atoms with Crippen LogP contribution in [0.15, 0.2) is 0 Å². The predicted molar refractivity (Wildman–Crippen MR) is 41.1 cm³/mol. The highest BCUT2D eigenvalue weighted by Gasteiger charge is 2.91. The van der Waals surface area contributed by atoms with Crippen molar-refractivity contribution in [3.8, 4) is 0 Å². The van der Waals surface area contributed by atoms with Gasteiger partial charge in [-0.1, -0.05) is 0 Å². The van der Waals surface area contributed by atoms with E-state index in [9.17, 15) is 65.9 Å². The first-order valence-corrected chi connectivity index (χ1v) is 4.77. The molecule has 0 nitrogen and oxygen atoms in total. The molecular weight excluding hydrogens is 381 g/mol. The largest absolute Gasteiger partial charge is 0.385 e. The number of hydrogen-bond donors (Lipinski definition) is 0. The Morgan fingerprint density at radius 2 is 0.826 bits per heavy atom. The lowest BCUT2D eigenvalue weighted by Gasteiger charge is -2.40. The summed E-state index contributed by atoms with van der Waals surface area (Å²) in [5.74, 6) is -45.8. The van der Waals surface area contributed by atoms with Crippen LogP contribution in [0.3, 0.4) is 0 Å². The monoisotopic (exact) mass is 383 g/mol. The number of hydrogen-bond acceptors (Lipinski definition) is 0. The Labute approximate surface area is 116 Å². The van der Waals surface area contributed by atoms with E-state index in [0.717, 1.165) is 0 Å². The van der Waals surface area contributed by atoms with Crippen LogP contribution < -0.4 is 0 Å². The van der Waals surface area contributed by atoms with Gasteiger partial charge in [0, 0.05) is 0 Å². The maximum atomic E-state index is 12.7. The molecule has 0 aliphatic heterocycles. The Balaban J connectivity index is 6.29. The van der Waals surface area contributed by atoms with E-state index in [1.54, 1.807) is 0 Å². The van der Waals surface area contributed by atoms with Crippen molar-refractivity contribution in [1.82, 2.24) is 0 Å². The summed E-state index contributed by atoms with van der Waals surface area (Å²) >= 11 is 0. The summed E-state index contributed by atoms with van der Waals surface area (Å²) in [6.07, 6.45) is -4.88. The Bertz CT molecular complexity index is 421. The summed E-state index contributed by atoms with van der Waals surface area (Å²) in [5.41, 5.74) is 0. The molecule has 0 saturated carbocycles. The molecule has 0 amide bonds. The Morgan fingerprint density at radius 1 is 0.522 bits per heavy atom. The van der Waals surface area contributed by atoms with E-state index in [1.807, 2.05) is 0 Å². The SMILES string of the molecule is FCC(F)(F)C(F)(F)C(F)(F)C(F)(F)C(F)(F)C(F)(F)[C](F)F. The molecule has 0 saturated heterocycles. The molecule has 0 aromatic heterocycles. The van der Waals surface area contributed by atoms with Crippen molar-refractivity contribution in [2.24, 2.45) is 0 Å². The van der Waals surface area contributed by atoms with Crippen LogP contribution in [0.4, 0.5) is 65.9 Å². The van der Waals surface area contributed by atoms with Gasteiger partial charge in [-0.15, -0.1) is 0 Å². The first-order valence-electron chi connectivity index (χ1n) is 4.77. The first kappa shape index (κ1) is 21.9. The Kier molecular flexibility index (Phi) is 5.25. The fourth-order valence-electron chi connectivity index (χ4n) is 1.02. The van der Waals surface area contributed by atoms with Crippen molar-refractivity contribution >= 4 is 0 Å². The van der Waals surface area contributed by atoms with E-state index < -0.39 is 48.6 Å². The summed E-state index contributed by atoms with van der Waals surface area (Å²) in [7, 11) is 0. The zero-order chi connectivity index (χ0) is 19.3. The highest BCUT2D eigenvalue weighted by molar-refractivity contribution is 5.14. The average molecular weight is 383 g/mol. The van der Waals surface area contributed by atoms with Gasteiger partial charge in [0.2, 0.25) is 0 Å². The summed E-state index contributed by atoms with van der Waals surface area (Å²) in [4.78, 5) is 0. The minimum Gasteiger partial charge on any atom is -0.244 e. The molecule has 0 bridgehead atoms. The zero-order valence-electron chi connectivity index (χ0n) is 9.88. The Hall–Kier alpha value is -1.05. The van der Waals surface area contributed by atoms with E-state index in [1.165, 1.54) is 0 Å². The average Bonchev–Trinajstić information content (AvgIpc) is 2.37. The summed E-state index contributed by atoms with van der Waals surface area (Å²) in [6.45, 7) is -3.77. The third kappa shape index (κ3) is 2.68. The molecular formula is C8H2F15. The fraction of sp³-hybridized carbons (Fsp3) is 0.875. The molecule has 0 rings (SSSR count). The normalized spacial score (nSPS) is 16.2. The van der Waals surface area contributed by atoms with Crippen molar-refractivity contribution in [1.29, 1.82) is 0 Å². The molecule has 15 heteroatoms. The zero-order valence-corrected chi connectivity index (χ0v) is 9.88. The third-order valence-electron chi connectivity index (χ3n) is 2.44. The molecule has 0 aliphatic carbocycles. The molecule has 139 valence electrons. The molecule has 0 aromatic carbocycles. The fourth-order valence-corrected chi connectivity index (χ4v) is 1.02. The van der Waals surface area contributed by atoms with Gasteiger partial charge in [-0.3, -0.25) is 0 Å². The highest BCUT2D eigenvalue weighted by Crippen LogP contribution is 2.61. The standard InChI is InChI=1S/C8H2F15/c9-1-3(12,13)5(16,17)7(20,21)8(22,23)6(18,19)4(14,15)2(10)11/h1H2. The van der Waals surface area contributed by atoms with Crippen LogP contribution in [0.1, 0.15) is 0 Å². The van der Waals surface area contributed by atoms with Gasteiger partial charge in [0.1, 0.15) is 0 Å². The molecule has 23 heavy (non-hydrogen) atoms. The van der Waals surface area contributed by atoms with Crippen molar-refractivity contribution in [3.05, 3.63) is 6.43 Å². The van der Waals surface area contributed by atoms with Gasteiger partial charge in [-0.2, -0.15) is 61.5 Å². The number of halogens is 15. The summed E-state index contributed by atoms with van der Waals surface area (Å²) in [5, 5.41) is 0. The van der Waals surface area contributed by atoms with Crippen molar-refractivity contribution in [3.63, 3.8) is 0 Å². The highest BCUT2D eigenvalue weighted by atomic mass is 19.4. The lowest BCUT2D eigenvalue weighted by atomic mass is 9.92. The maximum absolute atomic E-state index is 12.7. The van der Waals surface area contributed by atoms with Crippen LogP contribution >= 0.6 is 0 Å². The minimum absolute atomic E-state index is 3.77. The van der Waals surface area contributed by atoms with E-state index >= 15 is 0 Å². The van der Waals surface area contributed by atoms with Gasteiger partial charge in [-0.25, -0.2) is 4.39 Å². The molecule has 0 aliphatic rings. The first-order chi connectivity index (χ1) is 9.75. The molecule has 0 aromatic rings. The van der Waals surface area contributed by atoms with Crippen molar-refractivity contribution in [2.45, 2.75) is 35.5 Å². The van der Waals surface area contributed by atoms with Crippen molar-refractivity contribution in [2.75, 3.05) is 6.67 Å². The Morgan fingerprint density at radius 3 is 1.09 bits per heavy atom. The number of alkyl halides is 13.